The molecule has 2 amide bonds. The highest BCUT2D eigenvalue weighted by atomic mass is 32.1. The summed E-state index contributed by atoms with van der Waals surface area (Å²) >= 11 is 1.25. The lowest BCUT2D eigenvalue weighted by atomic mass is 10.1. The van der Waals surface area contributed by atoms with Crippen molar-refractivity contribution in [3.8, 4) is 0 Å². The third kappa shape index (κ3) is 3.51. The number of nitrogens with zero attached hydrogens (tertiary/aromatic N) is 2. The van der Waals surface area contributed by atoms with Crippen LogP contribution in [0, 0.1) is 6.92 Å². The van der Waals surface area contributed by atoms with Crippen LogP contribution >= 0.6 is 11.3 Å². The minimum atomic E-state index is -0.219. The highest BCUT2D eigenvalue weighted by molar-refractivity contribution is 7.14. The third-order valence-corrected chi connectivity index (χ3v) is 4.19. The maximum absolute atomic E-state index is 12.2. The van der Waals surface area contributed by atoms with Crippen molar-refractivity contribution in [1.82, 2.24) is 9.88 Å². The van der Waals surface area contributed by atoms with E-state index in [0.717, 1.165) is 5.56 Å². The number of anilines is 1. The highest BCUT2D eigenvalue weighted by Crippen LogP contribution is 2.19. The number of hydrogen-bond acceptors (Lipinski definition) is 4. The number of carbonyl (C=O) groups excluding carboxylic acids is 2. The lowest BCUT2D eigenvalue weighted by molar-refractivity contribution is 0.0749. The van der Waals surface area contributed by atoms with Crippen LogP contribution in [0.15, 0.2) is 29.6 Å². The number of carbonyl (C=O) groups is 2. The number of hydrogen-bond donors (Lipinski definition) is 1. The van der Waals surface area contributed by atoms with Crippen LogP contribution in [0.3, 0.4) is 0 Å². The normalized spacial score (nSPS) is 10.6. The number of nitrogens with one attached hydrogen (secondary N) is 1. The first kappa shape index (κ1) is 16.2. The van der Waals surface area contributed by atoms with Gasteiger partial charge in [0.2, 0.25) is 0 Å². The van der Waals surface area contributed by atoms with E-state index < -0.39 is 0 Å². The Labute approximate surface area is 134 Å². The summed E-state index contributed by atoms with van der Waals surface area (Å²) < 4.78 is 0. The molecule has 1 N–H and O–H groups in total. The molecule has 0 saturated carbocycles. The molecule has 22 heavy (non-hydrogen) atoms. The Balaban J connectivity index is 2.11. The van der Waals surface area contributed by atoms with Gasteiger partial charge in [0.05, 0.1) is 0 Å². The van der Waals surface area contributed by atoms with Crippen molar-refractivity contribution in [2.45, 2.75) is 26.8 Å². The van der Waals surface area contributed by atoms with Crippen LogP contribution < -0.4 is 5.32 Å². The molecule has 0 aliphatic carbocycles. The third-order valence-electron chi connectivity index (χ3n) is 3.43. The van der Waals surface area contributed by atoms with Crippen LogP contribution in [0.5, 0.6) is 0 Å². The Kier molecular flexibility index (Phi) is 4.92. The Morgan fingerprint density at radius 3 is 2.59 bits per heavy atom. The van der Waals surface area contributed by atoms with Gasteiger partial charge in [0.1, 0.15) is 5.69 Å². The van der Waals surface area contributed by atoms with Crippen LogP contribution in [0.2, 0.25) is 0 Å². The van der Waals surface area contributed by atoms with Gasteiger partial charge in [0, 0.05) is 24.0 Å². The zero-order valence-electron chi connectivity index (χ0n) is 13.1. The summed E-state index contributed by atoms with van der Waals surface area (Å²) in [5, 5.41) is 4.83. The number of benzene rings is 1. The number of thiazole rings is 1. The summed E-state index contributed by atoms with van der Waals surface area (Å²) in [4.78, 5) is 30.2. The van der Waals surface area contributed by atoms with Crippen LogP contribution in [0.1, 0.15) is 40.3 Å². The number of aryl methyl sites for hydroxylation is 1. The van der Waals surface area contributed by atoms with E-state index >= 15 is 0 Å². The molecule has 2 rings (SSSR count). The number of rotatable bonds is 4. The van der Waals surface area contributed by atoms with Gasteiger partial charge in [-0.25, -0.2) is 4.98 Å². The molecule has 1 aromatic carbocycles. The van der Waals surface area contributed by atoms with E-state index in [9.17, 15) is 9.59 Å². The van der Waals surface area contributed by atoms with Gasteiger partial charge in [0.25, 0.3) is 11.8 Å². The number of amides is 2. The quantitative estimate of drug-likeness (QED) is 0.942. The Bertz CT molecular complexity index is 694. The van der Waals surface area contributed by atoms with Crippen molar-refractivity contribution in [2.75, 3.05) is 12.4 Å². The minimum Gasteiger partial charge on any atom is -0.338 e. The molecule has 0 spiro atoms. The summed E-state index contributed by atoms with van der Waals surface area (Å²) in [6.45, 7) is 5.75. The molecule has 0 fully saturated rings. The van der Waals surface area contributed by atoms with Gasteiger partial charge in [-0.15, -0.1) is 11.3 Å². The van der Waals surface area contributed by atoms with Gasteiger partial charge in [0.15, 0.2) is 5.13 Å². The minimum absolute atomic E-state index is 0.0965. The van der Waals surface area contributed by atoms with Gasteiger partial charge in [-0.05, 0) is 32.4 Å². The van der Waals surface area contributed by atoms with Crippen molar-refractivity contribution >= 4 is 28.3 Å². The number of aromatic nitrogens is 1. The fourth-order valence-corrected chi connectivity index (χ4v) is 2.52. The van der Waals surface area contributed by atoms with E-state index in [1.165, 1.54) is 11.3 Å². The van der Waals surface area contributed by atoms with Crippen LogP contribution in [0.25, 0.3) is 0 Å². The Morgan fingerprint density at radius 1 is 1.27 bits per heavy atom. The molecule has 5 nitrogen and oxygen atoms in total. The zero-order chi connectivity index (χ0) is 16.3. The molecular weight excluding hydrogens is 298 g/mol. The van der Waals surface area contributed by atoms with Gasteiger partial charge < -0.3 is 4.90 Å². The van der Waals surface area contributed by atoms with E-state index in [1.807, 2.05) is 39.0 Å². The molecule has 0 bridgehead atoms. The first-order chi connectivity index (χ1) is 10.4. The smallest absolute Gasteiger partial charge is 0.273 e. The first-order valence-electron chi connectivity index (χ1n) is 7.00. The molecule has 0 radical (unpaired) electrons. The molecule has 6 heteroatoms. The van der Waals surface area contributed by atoms with Crippen molar-refractivity contribution < 1.29 is 9.59 Å². The first-order valence-corrected chi connectivity index (χ1v) is 7.87. The topological polar surface area (TPSA) is 62.3 Å². The summed E-state index contributed by atoms with van der Waals surface area (Å²) in [6, 6.07) is 7.43. The van der Waals surface area contributed by atoms with Crippen LogP contribution in [0.4, 0.5) is 5.13 Å². The van der Waals surface area contributed by atoms with Gasteiger partial charge >= 0.3 is 0 Å². The van der Waals surface area contributed by atoms with Crippen LogP contribution in [-0.2, 0) is 0 Å². The standard InChI is InChI=1S/C16H19N3O2S/c1-10(2)19(4)15(21)13-9-22-16(17-13)18-14(20)12-8-6-5-7-11(12)3/h5-10H,1-4H3,(H,17,18,20). The van der Waals surface area contributed by atoms with Gasteiger partial charge in [-0.1, -0.05) is 18.2 Å². The molecule has 0 atom stereocenters. The maximum atomic E-state index is 12.2. The lowest BCUT2D eigenvalue weighted by Crippen LogP contribution is -2.33. The van der Waals surface area contributed by atoms with E-state index in [4.69, 9.17) is 0 Å². The Hall–Kier alpha value is -2.21. The molecule has 0 unspecified atom stereocenters. The van der Waals surface area contributed by atoms with E-state index in [1.54, 1.807) is 23.4 Å². The largest absolute Gasteiger partial charge is 0.338 e. The average molecular weight is 317 g/mol. The Morgan fingerprint density at radius 2 is 1.95 bits per heavy atom. The predicted molar refractivity (Wildman–Crippen MR) is 88.5 cm³/mol. The van der Waals surface area contributed by atoms with Crippen molar-refractivity contribution in [3.63, 3.8) is 0 Å². The maximum Gasteiger partial charge on any atom is 0.273 e. The SMILES string of the molecule is Cc1ccccc1C(=O)Nc1nc(C(=O)N(C)C(C)C)cs1. The van der Waals surface area contributed by atoms with E-state index in [-0.39, 0.29) is 17.9 Å². The summed E-state index contributed by atoms with van der Waals surface area (Å²) in [7, 11) is 1.73. The summed E-state index contributed by atoms with van der Waals surface area (Å²) in [6.07, 6.45) is 0. The summed E-state index contributed by atoms with van der Waals surface area (Å²) in [5.74, 6) is -0.369. The van der Waals surface area contributed by atoms with Crippen LogP contribution in [-0.4, -0.2) is 34.8 Å². The fraction of sp³-hybridized carbons (Fsp3) is 0.312. The van der Waals surface area contributed by atoms with Gasteiger partial charge in [-0.2, -0.15) is 0 Å². The molecular formula is C16H19N3O2S. The molecule has 1 heterocycles. The predicted octanol–water partition coefficient (Wildman–Crippen LogP) is 3.18. The van der Waals surface area contributed by atoms with Gasteiger partial charge in [-0.3, -0.25) is 14.9 Å². The highest BCUT2D eigenvalue weighted by Gasteiger charge is 2.18. The van der Waals surface area contributed by atoms with Crippen molar-refractivity contribution in [2.24, 2.45) is 0 Å². The summed E-state index contributed by atoms with van der Waals surface area (Å²) in [5.41, 5.74) is 1.85. The molecule has 1 aromatic heterocycles. The van der Waals surface area contributed by atoms with Crippen molar-refractivity contribution in [1.29, 1.82) is 0 Å². The second-order valence-electron chi connectivity index (χ2n) is 5.32. The zero-order valence-corrected chi connectivity index (χ0v) is 13.9. The average Bonchev–Trinajstić information content (AvgIpc) is 2.94. The molecule has 0 saturated heterocycles. The molecule has 116 valence electrons. The monoisotopic (exact) mass is 317 g/mol. The lowest BCUT2D eigenvalue weighted by Gasteiger charge is -2.19. The molecule has 2 aromatic rings. The molecule has 0 aliphatic rings. The van der Waals surface area contributed by atoms with E-state index in [0.29, 0.717) is 16.4 Å². The van der Waals surface area contributed by atoms with Crippen molar-refractivity contribution in [3.05, 3.63) is 46.5 Å². The van der Waals surface area contributed by atoms with E-state index in [2.05, 4.69) is 10.3 Å². The fourth-order valence-electron chi connectivity index (χ4n) is 1.84. The molecule has 0 aliphatic heterocycles. The second-order valence-corrected chi connectivity index (χ2v) is 6.17. The second kappa shape index (κ2) is 6.70.